The second kappa shape index (κ2) is 5.32. The molecule has 1 heterocycles. The molecule has 1 aliphatic rings. The molecule has 1 saturated heterocycles. The minimum atomic E-state index is -0.452. The van der Waals surface area contributed by atoms with E-state index in [0.29, 0.717) is 32.7 Å². The van der Waals surface area contributed by atoms with E-state index >= 15 is 0 Å². The Hall–Kier alpha value is -0.450. The lowest BCUT2D eigenvalue weighted by molar-refractivity contribution is -0.120. The van der Waals surface area contributed by atoms with Crippen molar-refractivity contribution in [3.63, 3.8) is 0 Å². The number of carbonyl (C=O) groups is 1. The Morgan fingerprint density at radius 1 is 1.69 bits per heavy atom. The number of hydrogen-bond donors (Lipinski definition) is 1. The monoisotopic (exact) mass is 187 g/mol. The zero-order chi connectivity index (χ0) is 9.68. The van der Waals surface area contributed by atoms with Crippen LogP contribution in [0.1, 0.15) is 13.3 Å². The van der Waals surface area contributed by atoms with Crippen molar-refractivity contribution >= 4 is 5.78 Å². The lowest BCUT2D eigenvalue weighted by atomic mass is 10.2. The first-order chi connectivity index (χ1) is 6.22. The van der Waals surface area contributed by atoms with Crippen LogP contribution in [-0.2, 0) is 9.53 Å². The maximum Gasteiger partial charge on any atom is 0.146 e. The molecule has 0 aromatic rings. The Morgan fingerprint density at radius 2 is 2.46 bits per heavy atom. The van der Waals surface area contributed by atoms with Crippen molar-refractivity contribution < 1.29 is 14.6 Å². The summed E-state index contributed by atoms with van der Waals surface area (Å²) in [7, 11) is 0. The Balaban J connectivity index is 2.34. The highest BCUT2D eigenvalue weighted by atomic mass is 16.5. The molecule has 13 heavy (non-hydrogen) atoms. The Labute approximate surface area is 78.5 Å². The molecule has 4 heteroatoms. The van der Waals surface area contributed by atoms with Crippen LogP contribution in [0.4, 0.5) is 0 Å². The van der Waals surface area contributed by atoms with Gasteiger partial charge in [-0.1, -0.05) is 6.92 Å². The molecule has 0 spiro atoms. The van der Waals surface area contributed by atoms with Crippen molar-refractivity contribution in [2.45, 2.75) is 19.4 Å². The predicted octanol–water partition coefficient (Wildman–Crippen LogP) is -0.341. The molecule has 0 aromatic carbocycles. The van der Waals surface area contributed by atoms with E-state index in [4.69, 9.17) is 4.74 Å². The van der Waals surface area contributed by atoms with Gasteiger partial charge in [0.1, 0.15) is 5.78 Å². The predicted molar refractivity (Wildman–Crippen MR) is 48.6 cm³/mol. The third kappa shape index (κ3) is 3.85. The first-order valence-corrected chi connectivity index (χ1v) is 4.72. The number of nitrogens with zero attached hydrogens (tertiary/aromatic N) is 1. The van der Waals surface area contributed by atoms with E-state index in [1.54, 1.807) is 0 Å². The molecule has 0 bridgehead atoms. The van der Waals surface area contributed by atoms with Crippen LogP contribution < -0.4 is 0 Å². The van der Waals surface area contributed by atoms with Gasteiger partial charge in [-0.25, -0.2) is 0 Å². The summed E-state index contributed by atoms with van der Waals surface area (Å²) in [5, 5.41) is 9.37. The first-order valence-electron chi connectivity index (χ1n) is 4.72. The van der Waals surface area contributed by atoms with Crippen molar-refractivity contribution in [3.8, 4) is 0 Å². The molecule has 1 fully saturated rings. The van der Waals surface area contributed by atoms with Gasteiger partial charge in [0.05, 0.1) is 25.9 Å². The summed E-state index contributed by atoms with van der Waals surface area (Å²) in [6.07, 6.45) is 0.111. The van der Waals surface area contributed by atoms with Crippen molar-refractivity contribution in [3.05, 3.63) is 0 Å². The van der Waals surface area contributed by atoms with Gasteiger partial charge in [-0.05, 0) is 0 Å². The molecule has 1 N–H and O–H groups in total. The summed E-state index contributed by atoms with van der Waals surface area (Å²) in [6, 6.07) is 0. The standard InChI is InChI=1S/C9H17NO3/c1-2-8(11)5-10-3-4-13-7-9(12)6-10/h9,12H,2-7H2,1H3. The third-order valence-electron chi connectivity index (χ3n) is 2.13. The van der Waals surface area contributed by atoms with Crippen LogP contribution in [0.5, 0.6) is 0 Å². The third-order valence-corrected chi connectivity index (χ3v) is 2.13. The summed E-state index contributed by atoms with van der Waals surface area (Å²) in [5.74, 6) is 0.217. The van der Waals surface area contributed by atoms with Gasteiger partial charge in [-0.2, -0.15) is 0 Å². The van der Waals surface area contributed by atoms with E-state index in [9.17, 15) is 9.90 Å². The van der Waals surface area contributed by atoms with Crippen molar-refractivity contribution in [2.24, 2.45) is 0 Å². The number of Topliss-reactive ketones (excluding diaryl/α,β-unsaturated/α-hetero) is 1. The number of aliphatic hydroxyl groups excluding tert-OH is 1. The molecule has 0 aromatic heterocycles. The molecule has 1 rings (SSSR count). The van der Waals surface area contributed by atoms with Crippen molar-refractivity contribution in [2.75, 3.05) is 32.8 Å². The molecule has 0 saturated carbocycles. The van der Waals surface area contributed by atoms with Crippen LogP contribution in [0.25, 0.3) is 0 Å². The van der Waals surface area contributed by atoms with Gasteiger partial charge in [0, 0.05) is 19.5 Å². The van der Waals surface area contributed by atoms with E-state index in [-0.39, 0.29) is 5.78 Å². The normalized spacial score (nSPS) is 25.5. The lowest BCUT2D eigenvalue weighted by Gasteiger charge is -2.19. The molecule has 1 atom stereocenters. The van der Waals surface area contributed by atoms with Gasteiger partial charge in [0.2, 0.25) is 0 Å². The molecular weight excluding hydrogens is 170 g/mol. The van der Waals surface area contributed by atoms with E-state index in [0.717, 1.165) is 6.54 Å². The van der Waals surface area contributed by atoms with Crippen LogP contribution >= 0.6 is 0 Å². The minimum absolute atomic E-state index is 0.217. The van der Waals surface area contributed by atoms with Crippen molar-refractivity contribution in [1.82, 2.24) is 4.90 Å². The zero-order valence-corrected chi connectivity index (χ0v) is 8.03. The molecule has 4 nitrogen and oxygen atoms in total. The first kappa shape index (κ1) is 10.6. The fourth-order valence-corrected chi connectivity index (χ4v) is 1.36. The highest BCUT2D eigenvalue weighted by molar-refractivity contribution is 5.80. The summed E-state index contributed by atoms with van der Waals surface area (Å²) in [6.45, 7) is 4.57. The highest BCUT2D eigenvalue weighted by Crippen LogP contribution is 2.00. The fourth-order valence-electron chi connectivity index (χ4n) is 1.36. The van der Waals surface area contributed by atoms with Gasteiger partial charge in [0.25, 0.3) is 0 Å². The highest BCUT2D eigenvalue weighted by Gasteiger charge is 2.17. The number of ether oxygens (including phenoxy) is 1. The number of ketones is 1. The topological polar surface area (TPSA) is 49.8 Å². The second-order valence-corrected chi connectivity index (χ2v) is 3.36. The number of hydrogen-bond acceptors (Lipinski definition) is 4. The van der Waals surface area contributed by atoms with E-state index in [2.05, 4.69) is 0 Å². The maximum absolute atomic E-state index is 11.1. The molecule has 1 aliphatic heterocycles. The Bertz CT molecular complexity index is 172. The van der Waals surface area contributed by atoms with Gasteiger partial charge in [-0.3, -0.25) is 9.69 Å². The van der Waals surface area contributed by atoms with E-state index < -0.39 is 6.10 Å². The summed E-state index contributed by atoms with van der Waals surface area (Å²) >= 11 is 0. The van der Waals surface area contributed by atoms with Crippen LogP contribution in [0.2, 0.25) is 0 Å². The van der Waals surface area contributed by atoms with Crippen LogP contribution in [0.15, 0.2) is 0 Å². The van der Waals surface area contributed by atoms with Gasteiger partial charge >= 0.3 is 0 Å². The summed E-state index contributed by atoms with van der Waals surface area (Å²) < 4.78 is 5.15. The van der Waals surface area contributed by atoms with Crippen LogP contribution in [0.3, 0.4) is 0 Å². The number of carbonyl (C=O) groups excluding carboxylic acids is 1. The largest absolute Gasteiger partial charge is 0.389 e. The van der Waals surface area contributed by atoms with E-state index in [1.165, 1.54) is 0 Å². The van der Waals surface area contributed by atoms with Crippen molar-refractivity contribution in [1.29, 1.82) is 0 Å². The Morgan fingerprint density at radius 3 is 3.15 bits per heavy atom. The number of β-amino-alcohol motifs (C(OH)–C–C–N with tert-alkyl or cyclic N) is 1. The van der Waals surface area contributed by atoms with Gasteiger partial charge in [-0.15, -0.1) is 0 Å². The van der Waals surface area contributed by atoms with Gasteiger partial charge < -0.3 is 9.84 Å². The number of rotatable bonds is 3. The van der Waals surface area contributed by atoms with E-state index in [1.807, 2.05) is 11.8 Å². The average Bonchev–Trinajstić information content (AvgIpc) is 2.30. The average molecular weight is 187 g/mol. The molecule has 0 amide bonds. The maximum atomic E-state index is 11.1. The Kier molecular flexibility index (Phi) is 4.35. The summed E-state index contributed by atoms with van der Waals surface area (Å²) in [4.78, 5) is 13.1. The summed E-state index contributed by atoms with van der Waals surface area (Å²) in [5.41, 5.74) is 0. The van der Waals surface area contributed by atoms with Gasteiger partial charge in [0.15, 0.2) is 0 Å². The van der Waals surface area contributed by atoms with Crippen LogP contribution in [-0.4, -0.2) is 54.7 Å². The quantitative estimate of drug-likeness (QED) is 0.656. The molecule has 0 aliphatic carbocycles. The number of aliphatic hydroxyl groups is 1. The van der Waals surface area contributed by atoms with Crippen LogP contribution in [0, 0.1) is 0 Å². The fraction of sp³-hybridized carbons (Fsp3) is 0.889. The molecule has 76 valence electrons. The minimum Gasteiger partial charge on any atom is -0.389 e. The molecule has 1 unspecified atom stereocenters. The zero-order valence-electron chi connectivity index (χ0n) is 8.03. The lowest BCUT2D eigenvalue weighted by Crippen LogP contribution is -2.36. The smallest absolute Gasteiger partial charge is 0.146 e. The second-order valence-electron chi connectivity index (χ2n) is 3.36. The molecule has 0 radical (unpaired) electrons. The SMILES string of the molecule is CCC(=O)CN1CCOCC(O)C1. The molecular formula is C9H17NO3.